The summed E-state index contributed by atoms with van der Waals surface area (Å²) in [5.74, 6) is -2.94. The fourth-order valence-corrected chi connectivity index (χ4v) is 3.87. The number of hydrazine groups is 1. The van der Waals surface area contributed by atoms with Crippen LogP contribution in [-0.2, 0) is 14.4 Å². The first-order valence-electron chi connectivity index (χ1n) is 8.50. The Morgan fingerprint density at radius 3 is 2.54 bits per heavy atom. The van der Waals surface area contributed by atoms with Gasteiger partial charge in [-0.15, -0.1) is 0 Å². The number of ether oxygens (including phenoxy) is 1. The fourth-order valence-electron chi connectivity index (χ4n) is 3.87. The molecule has 1 saturated carbocycles. The zero-order valence-electron chi connectivity index (χ0n) is 14.7. The Labute approximate surface area is 151 Å². The van der Waals surface area contributed by atoms with Crippen molar-refractivity contribution >= 4 is 17.8 Å². The summed E-state index contributed by atoms with van der Waals surface area (Å²) >= 11 is 0. The SMILES string of the molecule is Cc1ccc(OCC(=O)NNC(=O)[C@@H]2[C@H]3C=C[C@@H](C3)[C@@]2(C)C(=O)[O-])cc1. The maximum absolute atomic E-state index is 12.5. The summed E-state index contributed by atoms with van der Waals surface area (Å²) in [5.41, 5.74) is 4.40. The Morgan fingerprint density at radius 1 is 1.19 bits per heavy atom. The second-order valence-corrected chi connectivity index (χ2v) is 7.08. The third kappa shape index (κ3) is 3.16. The molecule has 0 unspecified atom stereocenters. The first-order valence-corrected chi connectivity index (χ1v) is 8.50. The molecule has 1 aromatic carbocycles. The van der Waals surface area contributed by atoms with E-state index in [-0.39, 0.29) is 18.4 Å². The number of carbonyl (C=O) groups is 3. The van der Waals surface area contributed by atoms with E-state index in [1.165, 1.54) is 6.92 Å². The number of aryl methyl sites for hydroxylation is 1. The molecule has 2 bridgehead atoms. The quantitative estimate of drug-likeness (QED) is 0.574. The molecule has 0 aliphatic heterocycles. The highest BCUT2D eigenvalue weighted by molar-refractivity contribution is 5.90. The number of benzene rings is 1. The van der Waals surface area contributed by atoms with Gasteiger partial charge in [-0.3, -0.25) is 20.4 Å². The van der Waals surface area contributed by atoms with Crippen LogP contribution >= 0.6 is 0 Å². The van der Waals surface area contributed by atoms with Crippen molar-refractivity contribution in [2.45, 2.75) is 20.3 Å². The molecule has 0 radical (unpaired) electrons. The van der Waals surface area contributed by atoms with Crippen molar-refractivity contribution in [3.05, 3.63) is 42.0 Å². The molecule has 2 aliphatic rings. The van der Waals surface area contributed by atoms with Crippen LogP contribution in [0.3, 0.4) is 0 Å². The van der Waals surface area contributed by atoms with Gasteiger partial charge in [-0.25, -0.2) is 0 Å². The van der Waals surface area contributed by atoms with Crippen molar-refractivity contribution in [3.8, 4) is 5.75 Å². The van der Waals surface area contributed by atoms with Crippen LogP contribution in [0.15, 0.2) is 36.4 Å². The van der Waals surface area contributed by atoms with E-state index < -0.39 is 29.1 Å². The van der Waals surface area contributed by atoms with Gasteiger partial charge in [0.2, 0.25) is 5.91 Å². The molecule has 2 N–H and O–H groups in total. The number of amides is 2. The maximum atomic E-state index is 12.5. The molecule has 0 heterocycles. The minimum Gasteiger partial charge on any atom is -0.550 e. The van der Waals surface area contributed by atoms with E-state index in [2.05, 4.69) is 10.9 Å². The largest absolute Gasteiger partial charge is 0.550 e. The fraction of sp³-hybridized carbons (Fsp3) is 0.421. The zero-order valence-corrected chi connectivity index (χ0v) is 14.7. The molecule has 4 atom stereocenters. The van der Waals surface area contributed by atoms with Crippen LogP contribution in [0, 0.1) is 30.1 Å². The number of aliphatic carboxylic acids is 1. The second kappa shape index (κ2) is 6.82. The normalized spacial score (nSPS) is 28.6. The first kappa shape index (κ1) is 18.0. The minimum atomic E-state index is -1.27. The summed E-state index contributed by atoms with van der Waals surface area (Å²) in [7, 11) is 0. The highest BCUT2D eigenvalue weighted by Crippen LogP contribution is 2.55. The molecule has 2 amide bonds. The molecule has 138 valence electrons. The van der Waals surface area contributed by atoms with Gasteiger partial charge in [0.05, 0.1) is 5.92 Å². The summed E-state index contributed by atoms with van der Waals surface area (Å²) < 4.78 is 5.33. The molecule has 3 rings (SSSR count). The molecular weight excluding hydrogens is 336 g/mol. The molecule has 26 heavy (non-hydrogen) atoms. The summed E-state index contributed by atoms with van der Waals surface area (Å²) in [6, 6.07) is 7.21. The van der Waals surface area contributed by atoms with Gasteiger partial charge in [0, 0.05) is 11.4 Å². The molecule has 1 aromatic rings. The summed E-state index contributed by atoms with van der Waals surface area (Å²) in [6.45, 7) is 3.21. The molecule has 0 aromatic heterocycles. The lowest BCUT2D eigenvalue weighted by molar-refractivity contribution is -0.321. The van der Waals surface area contributed by atoms with Gasteiger partial charge in [-0.1, -0.05) is 36.8 Å². The van der Waals surface area contributed by atoms with Crippen LogP contribution in [0.4, 0.5) is 0 Å². The number of nitrogens with one attached hydrogen (secondary N) is 2. The lowest BCUT2D eigenvalue weighted by atomic mass is 9.69. The maximum Gasteiger partial charge on any atom is 0.276 e. The van der Waals surface area contributed by atoms with Gasteiger partial charge in [0.1, 0.15) is 5.75 Å². The number of hydrogen-bond donors (Lipinski definition) is 2. The number of rotatable bonds is 5. The molecule has 0 spiro atoms. The van der Waals surface area contributed by atoms with Crippen LogP contribution in [0.2, 0.25) is 0 Å². The van der Waals surface area contributed by atoms with Crippen molar-refractivity contribution in [2.24, 2.45) is 23.2 Å². The van der Waals surface area contributed by atoms with Gasteiger partial charge in [0.15, 0.2) is 6.61 Å². The van der Waals surface area contributed by atoms with Crippen molar-refractivity contribution in [1.29, 1.82) is 0 Å². The van der Waals surface area contributed by atoms with E-state index >= 15 is 0 Å². The zero-order chi connectivity index (χ0) is 18.9. The Kier molecular flexibility index (Phi) is 4.71. The molecule has 1 fully saturated rings. The molecular formula is C19H21N2O5-. The minimum absolute atomic E-state index is 0.163. The number of carboxylic acids is 1. The van der Waals surface area contributed by atoms with Crippen LogP contribution in [0.5, 0.6) is 5.75 Å². The van der Waals surface area contributed by atoms with Gasteiger partial charge >= 0.3 is 0 Å². The van der Waals surface area contributed by atoms with Crippen LogP contribution in [0.1, 0.15) is 18.9 Å². The predicted octanol–water partition coefficient (Wildman–Crippen LogP) is 0.0995. The van der Waals surface area contributed by atoms with Gasteiger partial charge in [-0.2, -0.15) is 0 Å². The monoisotopic (exact) mass is 357 g/mol. The Morgan fingerprint density at radius 2 is 1.88 bits per heavy atom. The number of carbonyl (C=O) groups excluding carboxylic acids is 3. The second-order valence-electron chi connectivity index (χ2n) is 7.08. The predicted molar refractivity (Wildman–Crippen MR) is 90.3 cm³/mol. The van der Waals surface area contributed by atoms with Gasteiger partial charge in [0.25, 0.3) is 5.91 Å². The Bertz CT molecular complexity index is 758. The summed E-state index contributed by atoms with van der Waals surface area (Å²) in [6.07, 6.45) is 4.30. The highest BCUT2D eigenvalue weighted by Gasteiger charge is 2.57. The highest BCUT2D eigenvalue weighted by atomic mass is 16.5. The third-order valence-electron chi connectivity index (χ3n) is 5.40. The van der Waals surface area contributed by atoms with Gasteiger partial charge in [-0.05, 0) is 37.3 Å². The van der Waals surface area contributed by atoms with Crippen molar-refractivity contribution < 1.29 is 24.2 Å². The lowest BCUT2D eigenvalue weighted by Gasteiger charge is -2.38. The van der Waals surface area contributed by atoms with Crippen molar-refractivity contribution in [1.82, 2.24) is 10.9 Å². The van der Waals surface area contributed by atoms with E-state index in [0.717, 1.165) is 5.56 Å². The Balaban J connectivity index is 1.53. The average molecular weight is 357 g/mol. The number of allylic oxidation sites excluding steroid dienone is 2. The van der Waals surface area contributed by atoms with E-state index in [4.69, 9.17) is 4.74 Å². The molecule has 7 heteroatoms. The number of carboxylic acid groups (broad SMARTS) is 1. The van der Waals surface area contributed by atoms with Crippen LogP contribution < -0.4 is 20.7 Å². The smallest absolute Gasteiger partial charge is 0.276 e. The van der Waals surface area contributed by atoms with Crippen LogP contribution in [-0.4, -0.2) is 24.4 Å². The topological polar surface area (TPSA) is 108 Å². The first-order chi connectivity index (χ1) is 12.3. The standard InChI is InChI=1S/C19H22N2O5/c1-11-3-7-14(8-4-11)26-10-15(22)20-21-17(23)16-12-5-6-13(9-12)19(16,2)18(24)25/h3-8,12-13,16H,9-10H2,1-2H3,(H,20,22)(H,21,23)(H,24,25)/p-1/t12-,13-,16-,19+/m0/s1. The molecule has 7 nitrogen and oxygen atoms in total. The van der Waals surface area contributed by atoms with Crippen molar-refractivity contribution in [3.63, 3.8) is 0 Å². The lowest BCUT2D eigenvalue weighted by Crippen LogP contribution is -2.55. The third-order valence-corrected chi connectivity index (χ3v) is 5.40. The summed E-state index contributed by atoms with van der Waals surface area (Å²) in [4.78, 5) is 36.0. The Hall–Kier alpha value is -2.83. The average Bonchev–Trinajstić information content (AvgIpc) is 3.19. The van der Waals surface area contributed by atoms with Gasteiger partial charge < -0.3 is 14.6 Å². The number of hydrogen-bond acceptors (Lipinski definition) is 5. The van der Waals surface area contributed by atoms with E-state index in [0.29, 0.717) is 12.2 Å². The molecule has 2 aliphatic carbocycles. The number of fused-ring (bicyclic) bond motifs is 2. The van der Waals surface area contributed by atoms with Crippen molar-refractivity contribution in [2.75, 3.05) is 6.61 Å². The van der Waals surface area contributed by atoms with E-state index in [1.54, 1.807) is 12.1 Å². The van der Waals surface area contributed by atoms with E-state index in [1.807, 2.05) is 31.2 Å². The molecule has 0 saturated heterocycles. The van der Waals surface area contributed by atoms with Crippen LogP contribution in [0.25, 0.3) is 0 Å². The van der Waals surface area contributed by atoms with E-state index in [9.17, 15) is 19.5 Å². The summed E-state index contributed by atoms with van der Waals surface area (Å²) in [5, 5.41) is 11.6.